The SMILES string of the molecule is CCN(CC)S(=O)(=O)c1ccc(=O)n(CC(=O)NC2CCCN(S(C)(=O)=O)C2)c1. The molecule has 1 saturated heterocycles. The fourth-order valence-corrected chi connectivity index (χ4v) is 5.68. The number of nitrogens with zero attached hydrogens (tertiary/aromatic N) is 3. The number of piperidine rings is 1. The molecule has 1 aliphatic heterocycles. The second-order valence-corrected chi connectivity index (χ2v) is 10.9. The molecule has 1 aliphatic rings. The van der Waals surface area contributed by atoms with E-state index in [0.29, 0.717) is 19.4 Å². The Balaban J connectivity index is 2.14. The summed E-state index contributed by atoms with van der Waals surface area (Å²) in [4.78, 5) is 24.4. The van der Waals surface area contributed by atoms with E-state index in [1.165, 1.54) is 20.9 Å². The van der Waals surface area contributed by atoms with Crippen LogP contribution >= 0.6 is 0 Å². The van der Waals surface area contributed by atoms with E-state index in [9.17, 15) is 26.4 Å². The first-order valence-electron chi connectivity index (χ1n) is 9.44. The molecule has 0 radical (unpaired) electrons. The van der Waals surface area contributed by atoms with Crippen molar-refractivity contribution in [3.63, 3.8) is 0 Å². The second-order valence-electron chi connectivity index (χ2n) is 6.95. The first-order valence-corrected chi connectivity index (χ1v) is 12.7. The zero-order valence-corrected chi connectivity index (χ0v) is 18.5. The first kappa shape index (κ1) is 23.5. The third-order valence-electron chi connectivity index (χ3n) is 4.83. The van der Waals surface area contributed by atoms with E-state index in [0.717, 1.165) is 16.9 Å². The van der Waals surface area contributed by atoms with Crippen LogP contribution in [0.4, 0.5) is 0 Å². The van der Waals surface area contributed by atoms with Gasteiger partial charge in [0.2, 0.25) is 26.0 Å². The predicted molar refractivity (Wildman–Crippen MR) is 108 cm³/mol. The topological polar surface area (TPSA) is 126 Å². The maximum Gasteiger partial charge on any atom is 0.251 e. The van der Waals surface area contributed by atoms with Gasteiger partial charge in [-0.3, -0.25) is 9.59 Å². The van der Waals surface area contributed by atoms with E-state index < -0.39 is 31.5 Å². The number of nitrogens with one attached hydrogen (secondary N) is 1. The van der Waals surface area contributed by atoms with Crippen LogP contribution in [-0.4, -0.2) is 74.4 Å². The minimum atomic E-state index is -3.76. The molecule has 0 bridgehead atoms. The van der Waals surface area contributed by atoms with Crippen LogP contribution in [0.2, 0.25) is 0 Å². The fraction of sp³-hybridized carbons (Fsp3) is 0.647. The lowest BCUT2D eigenvalue weighted by atomic mass is 10.1. The van der Waals surface area contributed by atoms with Gasteiger partial charge in [-0.15, -0.1) is 0 Å². The average Bonchev–Trinajstić information content (AvgIpc) is 2.63. The molecule has 0 spiro atoms. The van der Waals surface area contributed by atoms with Gasteiger partial charge >= 0.3 is 0 Å². The first-order chi connectivity index (χ1) is 13.5. The highest BCUT2D eigenvalue weighted by molar-refractivity contribution is 7.89. The minimum Gasteiger partial charge on any atom is -0.350 e. The zero-order valence-electron chi connectivity index (χ0n) is 16.9. The van der Waals surface area contributed by atoms with Gasteiger partial charge in [0.1, 0.15) is 6.54 Å². The van der Waals surface area contributed by atoms with Crippen molar-refractivity contribution in [2.45, 2.75) is 44.2 Å². The summed E-state index contributed by atoms with van der Waals surface area (Å²) in [6, 6.07) is 2.00. The lowest BCUT2D eigenvalue weighted by molar-refractivity contribution is -0.122. The van der Waals surface area contributed by atoms with Crippen molar-refractivity contribution in [2.24, 2.45) is 0 Å². The van der Waals surface area contributed by atoms with E-state index >= 15 is 0 Å². The number of pyridine rings is 1. The number of amides is 1. The predicted octanol–water partition coefficient (Wildman–Crippen LogP) is -0.581. The van der Waals surface area contributed by atoms with Gasteiger partial charge in [-0.25, -0.2) is 21.1 Å². The summed E-state index contributed by atoms with van der Waals surface area (Å²) in [5.41, 5.74) is -0.500. The Morgan fingerprint density at radius 2 is 1.86 bits per heavy atom. The lowest BCUT2D eigenvalue weighted by Crippen LogP contribution is -2.50. The van der Waals surface area contributed by atoms with Crippen LogP contribution in [0.3, 0.4) is 0 Å². The molecule has 1 amide bonds. The lowest BCUT2D eigenvalue weighted by Gasteiger charge is -2.31. The molecule has 2 heterocycles. The summed E-state index contributed by atoms with van der Waals surface area (Å²) in [5.74, 6) is -0.482. The van der Waals surface area contributed by atoms with Crippen molar-refractivity contribution in [1.29, 1.82) is 0 Å². The van der Waals surface area contributed by atoms with Crippen LogP contribution in [0, 0.1) is 0 Å². The number of aromatic nitrogens is 1. The van der Waals surface area contributed by atoms with Gasteiger partial charge in [0, 0.05) is 44.5 Å². The quantitative estimate of drug-likeness (QED) is 0.567. The number of carbonyl (C=O) groups is 1. The highest BCUT2D eigenvalue weighted by Crippen LogP contribution is 2.14. The molecule has 2 rings (SSSR count). The van der Waals surface area contributed by atoms with Gasteiger partial charge in [0.05, 0.1) is 11.2 Å². The van der Waals surface area contributed by atoms with Crippen molar-refractivity contribution in [3.8, 4) is 0 Å². The summed E-state index contributed by atoms with van der Waals surface area (Å²) >= 11 is 0. The van der Waals surface area contributed by atoms with E-state index in [-0.39, 0.29) is 37.1 Å². The summed E-state index contributed by atoms with van der Waals surface area (Å²) < 4.78 is 52.3. The van der Waals surface area contributed by atoms with Crippen LogP contribution in [-0.2, 0) is 31.4 Å². The van der Waals surface area contributed by atoms with Crippen LogP contribution in [0.5, 0.6) is 0 Å². The Kier molecular flexibility index (Phi) is 7.60. The molecule has 1 aromatic rings. The normalized spacial score (nSPS) is 18.7. The number of rotatable bonds is 8. The largest absolute Gasteiger partial charge is 0.350 e. The van der Waals surface area contributed by atoms with Gasteiger partial charge in [-0.1, -0.05) is 13.8 Å². The molecule has 29 heavy (non-hydrogen) atoms. The third kappa shape index (κ3) is 5.87. The Labute approximate surface area is 171 Å². The van der Waals surface area contributed by atoms with Crippen molar-refractivity contribution in [1.82, 2.24) is 18.5 Å². The molecule has 0 aliphatic carbocycles. The molecule has 10 nitrogen and oxygen atoms in total. The standard InChI is InChI=1S/C17H28N4O6S2/c1-4-20(5-2)29(26,27)15-8-9-17(23)19(12-15)13-16(22)18-14-7-6-10-21(11-14)28(3,24)25/h8-9,12,14H,4-7,10-11,13H2,1-3H3,(H,18,22). The zero-order chi connectivity index (χ0) is 21.8. The van der Waals surface area contributed by atoms with Gasteiger partial charge in [0.25, 0.3) is 5.56 Å². The van der Waals surface area contributed by atoms with Crippen molar-refractivity contribution in [3.05, 3.63) is 28.7 Å². The fourth-order valence-electron chi connectivity index (χ4n) is 3.29. The Hall–Kier alpha value is -1.76. The average molecular weight is 449 g/mol. The Morgan fingerprint density at radius 3 is 2.45 bits per heavy atom. The van der Waals surface area contributed by atoms with E-state index in [2.05, 4.69) is 5.32 Å². The van der Waals surface area contributed by atoms with E-state index in [1.54, 1.807) is 13.8 Å². The van der Waals surface area contributed by atoms with E-state index in [4.69, 9.17) is 0 Å². The van der Waals surface area contributed by atoms with Crippen molar-refractivity contribution >= 4 is 26.0 Å². The van der Waals surface area contributed by atoms with Crippen LogP contribution in [0.1, 0.15) is 26.7 Å². The molecule has 1 atom stereocenters. The summed E-state index contributed by atoms with van der Waals surface area (Å²) in [7, 11) is -7.10. The van der Waals surface area contributed by atoms with Crippen molar-refractivity contribution in [2.75, 3.05) is 32.4 Å². The van der Waals surface area contributed by atoms with Gasteiger partial charge < -0.3 is 9.88 Å². The number of sulfonamides is 2. The molecule has 1 unspecified atom stereocenters. The second kappa shape index (κ2) is 9.37. The molecular formula is C17H28N4O6S2. The highest BCUT2D eigenvalue weighted by Gasteiger charge is 2.27. The number of carbonyl (C=O) groups excluding carboxylic acids is 1. The maximum atomic E-state index is 12.6. The van der Waals surface area contributed by atoms with Gasteiger partial charge in [0.15, 0.2) is 0 Å². The molecular weight excluding hydrogens is 420 g/mol. The van der Waals surface area contributed by atoms with Crippen molar-refractivity contribution < 1.29 is 21.6 Å². The Morgan fingerprint density at radius 1 is 1.21 bits per heavy atom. The van der Waals surface area contributed by atoms with Crippen LogP contribution in [0.15, 0.2) is 28.0 Å². The molecule has 12 heteroatoms. The summed E-state index contributed by atoms with van der Waals surface area (Å²) in [5, 5.41) is 2.74. The summed E-state index contributed by atoms with van der Waals surface area (Å²) in [6.07, 6.45) is 3.54. The smallest absolute Gasteiger partial charge is 0.251 e. The van der Waals surface area contributed by atoms with Crippen LogP contribution in [0.25, 0.3) is 0 Å². The molecule has 1 aromatic heterocycles. The maximum absolute atomic E-state index is 12.6. The molecule has 1 N–H and O–H groups in total. The number of hydrogen-bond acceptors (Lipinski definition) is 6. The number of hydrogen-bond donors (Lipinski definition) is 1. The molecule has 164 valence electrons. The van der Waals surface area contributed by atoms with E-state index in [1.807, 2.05) is 0 Å². The molecule has 1 fully saturated rings. The summed E-state index contributed by atoms with van der Waals surface area (Å²) in [6.45, 7) is 4.25. The minimum absolute atomic E-state index is 0.0606. The monoisotopic (exact) mass is 448 g/mol. The highest BCUT2D eigenvalue weighted by atomic mass is 32.2. The molecule has 0 aromatic carbocycles. The molecule has 0 saturated carbocycles. The van der Waals surface area contributed by atoms with Crippen LogP contribution < -0.4 is 10.9 Å². The van der Waals surface area contributed by atoms with Gasteiger partial charge in [-0.2, -0.15) is 4.31 Å². The Bertz CT molecular complexity index is 999. The van der Waals surface area contributed by atoms with Gasteiger partial charge in [-0.05, 0) is 18.9 Å². The third-order valence-corrected chi connectivity index (χ3v) is 8.13.